The first-order valence-electron chi connectivity index (χ1n) is 11.7. The molecule has 4 aromatic rings. The second-order valence-corrected chi connectivity index (χ2v) is 8.69. The van der Waals surface area contributed by atoms with Gasteiger partial charge in [0, 0.05) is 61.1 Å². The number of hydrogen-bond donors (Lipinski definition) is 1. The monoisotopic (exact) mass is 442 g/mol. The van der Waals surface area contributed by atoms with Gasteiger partial charge in [-0.05, 0) is 61.0 Å². The molecule has 0 bridgehead atoms. The summed E-state index contributed by atoms with van der Waals surface area (Å²) in [5, 5.41) is 5.52. The number of benzene rings is 2. The largest absolute Gasteiger partial charge is 0.497 e. The van der Waals surface area contributed by atoms with Crippen molar-refractivity contribution < 1.29 is 9.53 Å². The number of ether oxygens (including phenoxy) is 1. The van der Waals surface area contributed by atoms with Crippen LogP contribution in [0, 0.1) is 5.92 Å². The van der Waals surface area contributed by atoms with Crippen LogP contribution in [-0.4, -0.2) is 42.2 Å². The molecule has 2 aromatic carbocycles. The number of nitrogens with zero attached hydrogens (tertiary/aromatic N) is 3. The number of aryl methyl sites for hydroxylation is 1. The molecule has 5 rings (SSSR count). The number of pyridine rings is 1. The molecule has 3 heterocycles. The maximum Gasteiger partial charge on any atom is 0.223 e. The predicted octanol–water partition coefficient (Wildman–Crippen LogP) is 4.62. The van der Waals surface area contributed by atoms with Crippen LogP contribution < -0.4 is 15.0 Å². The summed E-state index contributed by atoms with van der Waals surface area (Å²) in [5.41, 5.74) is 3.37. The van der Waals surface area contributed by atoms with Crippen molar-refractivity contribution in [2.24, 2.45) is 5.92 Å². The Hall–Kier alpha value is -3.54. The SMILES string of the molecule is COc1ccc2nccc(N3CCC(C(=O)NCCCn4ccc5ccccc54)CC3)c2c1. The van der Waals surface area contributed by atoms with Crippen molar-refractivity contribution in [2.75, 3.05) is 31.6 Å². The quantitative estimate of drug-likeness (QED) is 0.424. The molecule has 1 saturated heterocycles. The zero-order chi connectivity index (χ0) is 22.6. The predicted molar refractivity (Wildman–Crippen MR) is 133 cm³/mol. The van der Waals surface area contributed by atoms with Crippen LogP contribution in [0.5, 0.6) is 5.75 Å². The van der Waals surface area contributed by atoms with Gasteiger partial charge in [-0.3, -0.25) is 9.78 Å². The Labute approximate surface area is 194 Å². The number of methoxy groups -OCH3 is 1. The number of piperidine rings is 1. The van der Waals surface area contributed by atoms with E-state index in [4.69, 9.17) is 4.74 Å². The second kappa shape index (κ2) is 9.53. The fourth-order valence-corrected chi connectivity index (χ4v) is 4.84. The van der Waals surface area contributed by atoms with Crippen molar-refractivity contribution in [1.29, 1.82) is 0 Å². The van der Waals surface area contributed by atoms with E-state index in [1.807, 2.05) is 24.4 Å². The van der Waals surface area contributed by atoms with E-state index in [0.29, 0.717) is 6.54 Å². The summed E-state index contributed by atoms with van der Waals surface area (Å²) in [7, 11) is 1.68. The smallest absolute Gasteiger partial charge is 0.223 e. The van der Waals surface area contributed by atoms with E-state index in [1.165, 1.54) is 10.9 Å². The molecule has 1 fully saturated rings. The van der Waals surface area contributed by atoms with Crippen molar-refractivity contribution in [3.8, 4) is 5.75 Å². The number of aromatic nitrogens is 2. The van der Waals surface area contributed by atoms with Gasteiger partial charge >= 0.3 is 0 Å². The summed E-state index contributed by atoms with van der Waals surface area (Å²) in [6, 6.07) is 18.6. The van der Waals surface area contributed by atoms with E-state index in [-0.39, 0.29) is 11.8 Å². The lowest BCUT2D eigenvalue weighted by atomic mass is 9.95. The molecule has 1 amide bonds. The summed E-state index contributed by atoms with van der Waals surface area (Å²) in [4.78, 5) is 19.6. The number of para-hydroxylation sites is 1. The number of amides is 1. The first-order valence-corrected chi connectivity index (χ1v) is 11.7. The number of nitrogens with one attached hydrogen (secondary N) is 1. The Bertz CT molecular complexity index is 1260. The molecule has 1 aliphatic heterocycles. The van der Waals surface area contributed by atoms with Crippen LogP contribution in [0.4, 0.5) is 5.69 Å². The fraction of sp³-hybridized carbons (Fsp3) is 0.333. The lowest BCUT2D eigenvalue weighted by Gasteiger charge is -2.33. The van der Waals surface area contributed by atoms with E-state index < -0.39 is 0 Å². The lowest BCUT2D eigenvalue weighted by Crippen LogP contribution is -2.41. The molecule has 0 aliphatic carbocycles. The van der Waals surface area contributed by atoms with Gasteiger partial charge in [0.05, 0.1) is 12.6 Å². The first-order chi connectivity index (χ1) is 16.2. The molecule has 170 valence electrons. The van der Waals surface area contributed by atoms with Gasteiger partial charge in [0.15, 0.2) is 0 Å². The van der Waals surface area contributed by atoms with Gasteiger partial charge in [-0.15, -0.1) is 0 Å². The van der Waals surface area contributed by atoms with Crippen molar-refractivity contribution in [2.45, 2.75) is 25.8 Å². The van der Waals surface area contributed by atoms with Crippen LogP contribution in [-0.2, 0) is 11.3 Å². The normalized spacial score (nSPS) is 14.6. The van der Waals surface area contributed by atoms with E-state index >= 15 is 0 Å². The molecule has 1 aliphatic rings. The van der Waals surface area contributed by atoms with Gasteiger partial charge in [-0.1, -0.05) is 18.2 Å². The van der Waals surface area contributed by atoms with Crippen LogP contribution in [0.25, 0.3) is 21.8 Å². The molecule has 6 nitrogen and oxygen atoms in total. The van der Waals surface area contributed by atoms with E-state index in [2.05, 4.69) is 62.4 Å². The lowest BCUT2D eigenvalue weighted by molar-refractivity contribution is -0.125. The highest BCUT2D eigenvalue weighted by Gasteiger charge is 2.25. The van der Waals surface area contributed by atoms with Crippen LogP contribution in [0.15, 0.2) is 67.0 Å². The maximum atomic E-state index is 12.7. The van der Waals surface area contributed by atoms with Gasteiger partial charge < -0.3 is 19.5 Å². The Morgan fingerprint density at radius 1 is 1.12 bits per heavy atom. The average molecular weight is 443 g/mol. The van der Waals surface area contributed by atoms with Crippen molar-refractivity contribution >= 4 is 33.4 Å². The third-order valence-electron chi connectivity index (χ3n) is 6.69. The Balaban J connectivity index is 1.13. The highest BCUT2D eigenvalue weighted by Crippen LogP contribution is 2.31. The number of rotatable bonds is 7. The molecule has 0 atom stereocenters. The van der Waals surface area contributed by atoms with E-state index in [1.54, 1.807) is 7.11 Å². The molecule has 0 radical (unpaired) electrons. The number of carbonyl (C=O) groups excluding carboxylic acids is 1. The second-order valence-electron chi connectivity index (χ2n) is 8.69. The summed E-state index contributed by atoms with van der Waals surface area (Å²) in [5.74, 6) is 1.10. The highest BCUT2D eigenvalue weighted by molar-refractivity contribution is 5.92. The summed E-state index contributed by atoms with van der Waals surface area (Å²) < 4.78 is 7.66. The zero-order valence-corrected chi connectivity index (χ0v) is 19.0. The minimum absolute atomic E-state index is 0.0799. The van der Waals surface area contributed by atoms with Crippen molar-refractivity contribution in [1.82, 2.24) is 14.9 Å². The molecule has 2 aromatic heterocycles. The molecule has 1 N–H and O–H groups in total. The van der Waals surface area contributed by atoms with E-state index in [9.17, 15) is 4.79 Å². The highest BCUT2D eigenvalue weighted by atomic mass is 16.5. The molecule has 6 heteroatoms. The topological polar surface area (TPSA) is 59.4 Å². The fourth-order valence-electron chi connectivity index (χ4n) is 4.84. The van der Waals surface area contributed by atoms with Gasteiger partial charge in [0.25, 0.3) is 0 Å². The average Bonchev–Trinajstić information content (AvgIpc) is 3.29. The van der Waals surface area contributed by atoms with Crippen LogP contribution in [0.3, 0.4) is 0 Å². The molecule has 0 saturated carbocycles. The van der Waals surface area contributed by atoms with Gasteiger partial charge in [-0.2, -0.15) is 0 Å². The number of hydrogen-bond acceptors (Lipinski definition) is 4. The first kappa shape index (κ1) is 21.3. The summed E-state index contributed by atoms with van der Waals surface area (Å²) in [6.07, 6.45) is 6.63. The molecule has 33 heavy (non-hydrogen) atoms. The minimum atomic E-state index is 0.0799. The number of anilines is 1. The molecular formula is C27H30N4O2. The third kappa shape index (κ3) is 4.51. The van der Waals surface area contributed by atoms with Crippen LogP contribution in [0.2, 0.25) is 0 Å². The summed E-state index contributed by atoms with van der Waals surface area (Å²) in [6.45, 7) is 3.35. The van der Waals surface area contributed by atoms with Crippen molar-refractivity contribution in [3.63, 3.8) is 0 Å². The molecular weight excluding hydrogens is 412 g/mol. The Kier molecular flexibility index (Phi) is 6.15. The maximum absolute atomic E-state index is 12.7. The molecule has 0 spiro atoms. The summed E-state index contributed by atoms with van der Waals surface area (Å²) >= 11 is 0. The van der Waals surface area contributed by atoms with Crippen molar-refractivity contribution in [3.05, 3.63) is 67.0 Å². The van der Waals surface area contributed by atoms with E-state index in [0.717, 1.165) is 61.2 Å². The van der Waals surface area contributed by atoms with Crippen LogP contribution in [0.1, 0.15) is 19.3 Å². The van der Waals surface area contributed by atoms with Gasteiger partial charge in [0.2, 0.25) is 5.91 Å². The van der Waals surface area contributed by atoms with Crippen LogP contribution >= 0.6 is 0 Å². The number of carbonyl (C=O) groups is 1. The minimum Gasteiger partial charge on any atom is -0.497 e. The van der Waals surface area contributed by atoms with Gasteiger partial charge in [-0.25, -0.2) is 0 Å². The molecule has 0 unspecified atom stereocenters. The Morgan fingerprint density at radius 3 is 2.82 bits per heavy atom. The number of fused-ring (bicyclic) bond motifs is 2. The van der Waals surface area contributed by atoms with Gasteiger partial charge in [0.1, 0.15) is 5.75 Å². The third-order valence-corrected chi connectivity index (χ3v) is 6.69. The standard InChI is InChI=1S/C27H30N4O2/c1-33-22-7-8-24-23(19-22)26(9-14-28-24)31-17-11-21(12-18-31)27(32)29-13-4-15-30-16-10-20-5-2-3-6-25(20)30/h2-3,5-10,14,16,19,21H,4,11-13,15,17-18H2,1H3,(H,29,32). The zero-order valence-electron chi connectivity index (χ0n) is 19.0. The Morgan fingerprint density at radius 2 is 1.97 bits per heavy atom.